The number of aromatic nitrogens is 1. The second kappa shape index (κ2) is 7.75. The Morgan fingerprint density at radius 3 is 3.04 bits per heavy atom. The molecule has 1 amide bonds. The quantitative estimate of drug-likeness (QED) is 0.786. The number of amides is 1. The largest absolute Gasteiger partial charge is 0.497 e. The molecule has 25 heavy (non-hydrogen) atoms. The number of hydrogen-bond donors (Lipinski definition) is 0. The van der Waals surface area contributed by atoms with Crippen molar-refractivity contribution in [2.24, 2.45) is 5.92 Å². The number of fused-ring (bicyclic) bond motifs is 1. The van der Waals surface area contributed by atoms with Gasteiger partial charge in [0.05, 0.1) is 23.9 Å². The SMILES string of the molecule is COc1ccc2cc(C#N)c(SCC(=O)N3CCC[C@@H](C)C3)nc2c1. The van der Waals surface area contributed by atoms with Crippen LogP contribution in [0, 0.1) is 17.2 Å². The molecule has 0 aliphatic carbocycles. The van der Waals surface area contributed by atoms with Crippen LogP contribution >= 0.6 is 11.8 Å². The number of ether oxygens (including phenoxy) is 1. The number of nitrogens with zero attached hydrogens (tertiary/aromatic N) is 3. The molecule has 1 aliphatic rings. The zero-order chi connectivity index (χ0) is 17.8. The molecule has 5 nitrogen and oxygen atoms in total. The van der Waals surface area contributed by atoms with Gasteiger partial charge in [0.25, 0.3) is 0 Å². The van der Waals surface area contributed by atoms with E-state index < -0.39 is 0 Å². The molecular weight excluding hydrogens is 334 g/mol. The number of rotatable bonds is 4. The minimum Gasteiger partial charge on any atom is -0.497 e. The topological polar surface area (TPSA) is 66.2 Å². The van der Waals surface area contributed by atoms with Crippen molar-refractivity contribution in [2.45, 2.75) is 24.8 Å². The minimum atomic E-state index is 0.118. The number of carbonyl (C=O) groups is 1. The average Bonchev–Trinajstić information content (AvgIpc) is 2.64. The predicted octanol–water partition coefficient (Wildman–Crippen LogP) is 3.47. The number of pyridine rings is 1. The summed E-state index contributed by atoms with van der Waals surface area (Å²) in [6.45, 7) is 3.84. The van der Waals surface area contributed by atoms with Crippen molar-refractivity contribution in [3.63, 3.8) is 0 Å². The lowest BCUT2D eigenvalue weighted by molar-refractivity contribution is -0.130. The van der Waals surface area contributed by atoms with E-state index in [1.165, 1.54) is 18.2 Å². The zero-order valence-electron chi connectivity index (χ0n) is 14.5. The molecule has 0 N–H and O–H groups in total. The summed E-state index contributed by atoms with van der Waals surface area (Å²) >= 11 is 1.34. The van der Waals surface area contributed by atoms with Gasteiger partial charge in [-0.3, -0.25) is 4.79 Å². The van der Waals surface area contributed by atoms with Crippen LogP contribution in [0.25, 0.3) is 10.9 Å². The molecule has 2 aromatic rings. The van der Waals surface area contributed by atoms with Gasteiger partial charge in [-0.15, -0.1) is 0 Å². The van der Waals surface area contributed by atoms with E-state index in [2.05, 4.69) is 18.0 Å². The van der Waals surface area contributed by atoms with E-state index in [4.69, 9.17) is 4.74 Å². The number of benzene rings is 1. The van der Waals surface area contributed by atoms with Gasteiger partial charge in [-0.1, -0.05) is 18.7 Å². The van der Waals surface area contributed by atoms with Crippen molar-refractivity contribution >= 4 is 28.6 Å². The molecule has 1 atom stereocenters. The van der Waals surface area contributed by atoms with Crippen molar-refractivity contribution in [1.29, 1.82) is 5.26 Å². The summed E-state index contributed by atoms with van der Waals surface area (Å²) < 4.78 is 5.23. The number of carbonyl (C=O) groups excluding carboxylic acids is 1. The van der Waals surface area contributed by atoms with E-state index in [1.807, 2.05) is 29.2 Å². The summed E-state index contributed by atoms with van der Waals surface area (Å²) in [6, 6.07) is 9.58. The van der Waals surface area contributed by atoms with Crippen LogP contribution in [0.5, 0.6) is 5.75 Å². The molecule has 2 heterocycles. The molecule has 1 fully saturated rings. The Hall–Kier alpha value is -2.26. The van der Waals surface area contributed by atoms with Crippen molar-refractivity contribution in [3.05, 3.63) is 29.8 Å². The normalized spacial score (nSPS) is 17.3. The molecule has 1 aromatic carbocycles. The molecule has 0 bridgehead atoms. The van der Waals surface area contributed by atoms with Gasteiger partial charge in [-0.2, -0.15) is 5.26 Å². The summed E-state index contributed by atoms with van der Waals surface area (Å²) in [6.07, 6.45) is 2.25. The Morgan fingerprint density at radius 2 is 2.32 bits per heavy atom. The average molecular weight is 355 g/mol. The molecule has 3 rings (SSSR count). The van der Waals surface area contributed by atoms with Crippen LogP contribution in [0.4, 0.5) is 0 Å². The highest BCUT2D eigenvalue weighted by atomic mass is 32.2. The third kappa shape index (κ3) is 4.05. The van der Waals surface area contributed by atoms with E-state index in [9.17, 15) is 10.1 Å². The van der Waals surface area contributed by atoms with Gasteiger partial charge >= 0.3 is 0 Å². The van der Waals surface area contributed by atoms with Crippen LogP contribution in [0.3, 0.4) is 0 Å². The molecular formula is C19H21N3O2S. The first kappa shape index (κ1) is 17.6. The van der Waals surface area contributed by atoms with E-state index in [-0.39, 0.29) is 5.91 Å². The van der Waals surface area contributed by atoms with E-state index >= 15 is 0 Å². The van der Waals surface area contributed by atoms with Gasteiger partial charge in [0.15, 0.2) is 0 Å². The van der Waals surface area contributed by atoms with Crippen LogP contribution in [0.15, 0.2) is 29.3 Å². The van der Waals surface area contributed by atoms with Crippen LogP contribution in [-0.2, 0) is 4.79 Å². The van der Waals surface area contributed by atoms with Crippen molar-refractivity contribution in [3.8, 4) is 11.8 Å². The first-order valence-electron chi connectivity index (χ1n) is 8.40. The number of nitriles is 1. The maximum atomic E-state index is 12.5. The van der Waals surface area contributed by atoms with E-state index in [0.29, 0.717) is 22.3 Å². The van der Waals surface area contributed by atoms with Crippen LogP contribution in [-0.4, -0.2) is 41.7 Å². The molecule has 130 valence electrons. The monoisotopic (exact) mass is 355 g/mol. The predicted molar refractivity (Wildman–Crippen MR) is 98.7 cm³/mol. The fourth-order valence-corrected chi connectivity index (χ4v) is 3.95. The Morgan fingerprint density at radius 1 is 1.48 bits per heavy atom. The molecule has 0 saturated carbocycles. The first-order valence-corrected chi connectivity index (χ1v) is 9.38. The number of likely N-dealkylation sites (tertiary alicyclic amines) is 1. The number of piperidine rings is 1. The summed E-state index contributed by atoms with van der Waals surface area (Å²) in [5.41, 5.74) is 1.27. The summed E-state index contributed by atoms with van der Waals surface area (Å²) in [5.74, 6) is 1.71. The van der Waals surface area contributed by atoms with Gasteiger partial charge in [-0.25, -0.2) is 4.98 Å². The Bertz CT molecular complexity index is 831. The van der Waals surface area contributed by atoms with Crippen LogP contribution in [0.2, 0.25) is 0 Å². The van der Waals surface area contributed by atoms with Gasteiger partial charge in [0.1, 0.15) is 16.8 Å². The fraction of sp³-hybridized carbons (Fsp3) is 0.421. The highest BCUT2D eigenvalue weighted by molar-refractivity contribution is 8.00. The highest BCUT2D eigenvalue weighted by Gasteiger charge is 2.21. The minimum absolute atomic E-state index is 0.118. The molecule has 0 unspecified atom stereocenters. The maximum Gasteiger partial charge on any atom is 0.232 e. The summed E-state index contributed by atoms with van der Waals surface area (Å²) in [7, 11) is 1.61. The van der Waals surface area contributed by atoms with E-state index in [0.717, 1.165) is 36.2 Å². The number of hydrogen-bond acceptors (Lipinski definition) is 5. The highest BCUT2D eigenvalue weighted by Crippen LogP contribution is 2.27. The van der Waals surface area contributed by atoms with E-state index in [1.54, 1.807) is 7.11 Å². The lowest BCUT2D eigenvalue weighted by Crippen LogP contribution is -2.40. The molecule has 6 heteroatoms. The smallest absolute Gasteiger partial charge is 0.232 e. The molecule has 1 aliphatic heterocycles. The standard InChI is InChI=1S/C19H21N3O2S/c1-13-4-3-7-22(11-13)18(23)12-25-19-15(10-20)8-14-5-6-16(24-2)9-17(14)21-19/h5-6,8-9,13H,3-4,7,11-12H2,1-2H3/t13-/m1/s1. The molecule has 1 aromatic heterocycles. The zero-order valence-corrected chi connectivity index (χ0v) is 15.3. The fourth-order valence-electron chi connectivity index (χ4n) is 3.08. The number of methoxy groups -OCH3 is 1. The second-order valence-corrected chi connectivity index (χ2v) is 7.35. The molecule has 0 spiro atoms. The van der Waals surface area contributed by atoms with Crippen molar-refractivity contribution in [2.75, 3.05) is 26.0 Å². The van der Waals surface area contributed by atoms with Gasteiger partial charge in [0.2, 0.25) is 5.91 Å². The van der Waals surface area contributed by atoms with Crippen LogP contribution in [0.1, 0.15) is 25.3 Å². The summed E-state index contributed by atoms with van der Waals surface area (Å²) in [4.78, 5) is 19.0. The Kier molecular flexibility index (Phi) is 5.44. The second-order valence-electron chi connectivity index (χ2n) is 6.39. The lowest BCUT2D eigenvalue weighted by Gasteiger charge is -2.30. The molecule has 1 saturated heterocycles. The third-order valence-electron chi connectivity index (χ3n) is 4.45. The van der Waals surface area contributed by atoms with Crippen molar-refractivity contribution in [1.82, 2.24) is 9.88 Å². The number of thioether (sulfide) groups is 1. The maximum absolute atomic E-state index is 12.5. The Labute approximate surface area is 152 Å². The van der Waals surface area contributed by atoms with Crippen LogP contribution < -0.4 is 4.74 Å². The first-order chi connectivity index (χ1) is 12.1. The van der Waals surface area contributed by atoms with Gasteiger partial charge in [0, 0.05) is 24.5 Å². The van der Waals surface area contributed by atoms with Gasteiger partial charge < -0.3 is 9.64 Å². The third-order valence-corrected chi connectivity index (χ3v) is 5.43. The lowest BCUT2D eigenvalue weighted by atomic mass is 10.0. The molecule has 0 radical (unpaired) electrons. The van der Waals surface area contributed by atoms with Crippen molar-refractivity contribution < 1.29 is 9.53 Å². The summed E-state index contributed by atoms with van der Waals surface area (Å²) in [5, 5.41) is 10.9. The Balaban J connectivity index is 1.77. The van der Waals surface area contributed by atoms with Gasteiger partial charge in [-0.05, 0) is 37.0 Å².